The molecule has 2 aromatic carbocycles. The number of carbonyl (C=O) groups is 1. The summed E-state index contributed by atoms with van der Waals surface area (Å²) in [6.45, 7) is 6.93. The fourth-order valence-corrected chi connectivity index (χ4v) is 6.83. The van der Waals surface area contributed by atoms with Gasteiger partial charge in [-0.2, -0.15) is 9.29 Å². The van der Waals surface area contributed by atoms with Gasteiger partial charge in [0.15, 0.2) is 0 Å². The standard InChI is InChI=1S/C27H33N5O4S/c1-19-7-3-4-8-23(19)26-29-25(36-30-26)18-31-15-11-21(12-16-31)27(33)28-22-10-9-20(2)24(17-22)37(34,35)32-13-5-6-14-32/h3-4,7-10,17,21H,5-6,11-16,18H2,1-2H3,(H,28,33). The van der Waals surface area contributed by atoms with Crippen LogP contribution in [0.2, 0.25) is 0 Å². The Morgan fingerprint density at radius 3 is 2.49 bits per heavy atom. The van der Waals surface area contributed by atoms with E-state index in [4.69, 9.17) is 4.52 Å². The van der Waals surface area contributed by atoms with Crippen molar-refractivity contribution in [3.63, 3.8) is 0 Å². The molecule has 196 valence electrons. The molecule has 0 bridgehead atoms. The highest BCUT2D eigenvalue weighted by molar-refractivity contribution is 7.89. The number of nitrogens with zero attached hydrogens (tertiary/aromatic N) is 4. The molecule has 1 N–H and O–H groups in total. The first-order chi connectivity index (χ1) is 17.8. The van der Waals surface area contributed by atoms with Gasteiger partial charge < -0.3 is 9.84 Å². The number of likely N-dealkylation sites (tertiary alicyclic amines) is 1. The Bertz CT molecular complexity index is 1370. The van der Waals surface area contributed by atoms with Gasteiger partial charge in [0.05, 0.1) is 11.4 Å². The van der Waals surface area contributed by atoms with E-state index in [2.05, 4.69) is 20.4 Å². The molecule has 0 unspecified atom stereocenters. The average Bonchev–Trinajstić information content (AvgIpc) is 3.59. The van der Waals surface area contributed by atoms with E-state index in [0.717, 1.165) is 37.1 Å². The molecule has 5 rings (SSSR count). The number of aryl methyl sites for hydroxylation is 2. The normalized spacial score (nSPS) is 17.8. The summed E-state index contributed by atoms with van der Waals surface area (Å²) in [5.74, 6) is 0.938. The van der Waals surface area contributed by atoms with Crippen molar-refractivity contribution in [3.8, 4) is 11.4 Å². The van der Waals surface area contributed by atoms with E-state index in [1.807, 2.05) is 31.2 Å². The topological polar surface area (TPSA) is 109 Å². The minimum absolute atomic E-state index is 0.0762. The maximum atomic E-state index is 13.1. The van der Waals surface area contributed by atoms with Crippen LogP contribution in [0, 0.1) is 19.8 Å². The number of carbonyl (C=O) groups excluding carboxylic acids is 1. The third-order valence-corrected chi connectivity index (χ3v) is 9.35. The fraction of sp³-hybridized carbons (Fsp3) is 0.444. The first kappa shape index (κ1) is 25.6. The van der Waals surface area contributed by atoms with Crippen molar-refractivity contribution in [2.45, 2.75) is 51.0 Å². The van der Waals surface area contributed by atoms with Crippen molar-refractivity contribution in [3.05, 3.63) is 59.5 Å². The van der Waals surface area contributed by atoms with Crippen LogP contribution >= 0.6 is 0 Å². The molecule has 3 aromatic rings. The lowest BCUT2D eigenvalue weighted by Gasteiger charge is -2.30. The summed E-state index contributed by atoms with van der Waals surface area (Å²) in [6.07, 6.45) is 3.17. The molecule has 2 aliphatic rings. The van der Waals surface area contributed by atoms with Crippen molar-refractivity contribution >= 4 is 21.6 Å². The quantitative estimate of drug-likeness (QED) is 0.499. The van der Waals surface area contributed by atoms with Gasteiger partial charge in [-0.05, 0) is 75.9 Å². The Hall–Kier alpha value is -3.08. The average molecular weight is 524 g/mol. The number of hydrogen-bond donors (Lipinski definition) is 1. The first-order valence-corrected chi connectivity index (χ1v) is 14.3. The van der Waals surface area contributed by atoms with Crippen LogP contribution in [0.4, 0.5) is 5.69 Å². The molecule has 2 fully saturated rings. The predicted octanol–water partition coefficient (Wildman–Crippen LogP) is 3.99. The smallest absolute Gasteiger partial charge is 0.243 e. The maximum Gasteiger partial charge on any atom is 0.243 e. The van der Waals surface area contributed by atoms with E-state index in [1.165, 1.54) is 4.31 Å². The number of rotatable bonds is 7. The van der Waals surface area contributed by atoms with Gasteiger partial charge >= 0.3 is 0 Å². The van der Waals surface area contributed by atoms with Crippen LogP contribution in [0.25, 0.3) is 11.4 Å². The number of amides is 1. The summed E-state index contributed by atoms with van der Waals surface area (Å²) in [6, 6.07) is 13.1. The van der Waals surface area contributed by atoms with Crippen LogP contribution in [0.15, 0.2) is 51.9 Å². The molecule has 0 saturated carbocycles. The second kappa shape index (κ2) is 10.7. The lowest BCUT2D eigenvalue weighted by atomic mass is 9.96. The number of piperidine rings is 1. The van der Waals surface area contributed by atoms with E-state index < -0.39 is 10.0 Å². The fourth-order valence-electron chi connectivity index (χ4n) is 5.06. The van der Waals surface area contributed by atoms with Gasteiger partial charge in [0.25, 0.3) is 0 Å². The lowest BCUT2D eigenvalue weighted by molar-refractivity contribution is -0.121. The monoisotopic (exact) mass is 523 g/mol. The minimum Gasteiger partial charge on any atom is -0.338 e. The van der Waals surface area contributed by atoms with E-state index >= 15 is 0 Å². The molecule has 1 aromatic heterocycles. The Labute approximate surface area is 217 Å². The molecule has 1 amide bonds. The van der Waals surface area contributed by atoms with Crippen molar-refractivity contribution in [1.82, 2.24) is 19.3 Å². The second-order valence-electron chi connectivity index (χ2n) is 9.96. The highest BCUT2D eigenvalue weighted by atomic mass is 32.2. The molecule has 0 aliphatic carbocycles. The Morgan fingerprint density at radius 1 is 1.03 bits per heavy atom. The Kier molecular flexibility index (Phi) is 7.41. The van der Waals surface area contributed by atoms with Crippen molar-refractivity contribution in [1.29, 1.82) is 0 Å². The van der Waals surface area contributed by atoms with E-state index in [0.29, 0.717) is 55.4 Å². The van der Waals surface area contributed by atoms with E-state index in [9.17, 15) is 13.2 Å². The minimum atomic E-state index is -3.55. The van der Waals surface area contributed by atoms with Gasteiger partial charge in [-0.3, -0.25) is 9.69 Å². The molecule has 2 saturated heterocycles. The number of aromatic nitrogens is 2. The van der Waals surface area contributed by atoms with Crippen LogP contribution in [0.1, 0.15) is 42.7 Å². The van der Waals surface area contributed by atoms with Crippen LogP contribution in [-0.2, 0) is 21.4 Å². The van der Waals surface area contributed by atoms with Crippen LogP contribution in [-0.4, -0.2) is 59.8 Å². The van der Waals surface area contributed by atoms with Gasteiger partial charge in [0, 0.05) is 30.3 Å². The SMILES string of the molecule is Cc1ccccc1-c1noc(CN2CCC(C(=O)Nc3ccc(C)c(S(=O)(=O)N4CCCC4)c3)CC2)n1. The second-order valence-corrected chi connectivity index (χ2v) is 11.9. The van der Waals surface area contributed by atoms with Gasteiger partial charge in [-0.15, -0.1) is 0 Å². The summed E-state index contributed by atoms with van der Waals surface area (Å²) in [7, 11) is -3.55. The third-order valence-electron chi connectivity index (χ3n) is 7.31. The molecule has 3 heterocycles. The van der Waals surface area contributed by atoms with Crippen molar-refractivity contribution in [2.75, 3.05) is 31.5 Å². The van der Waals surface area contributed by atoms with Gasteiger partial charge in [-0.25, -0.2) is 8.42 Å². The number of benzene rings is 2. The van der Waals surface area contributed by atoms with Gasteiger partial charge in [0.1, 0.15) is 0 Å². The molecule has 37 heavy (non-hydrogen) atoms. The third kappa shape index (κ3) is 5.61. The molecular weight excluding hydrogens is 490 g/mol. The Morgan fingerprint density at radius 2 is 1.76 bits per heavy atom. The van der Waals surface area contributed by atoms with E-state index in [1.54, 1.807) is 25.1 Å². The molecule has 2 aliphatic heterocycles. The van der Waals surface area contributed by atoms with Crippen molar-refractivity contribution < 1.29 is 17.7 Å². The number of sulfonamides is 1. The summed E-state index contributed by atoms with van der Waals surface area (Å²) >= 11 is 0. The summed E-state index contributed by atoms with van der Waals surface area (Å²) in [5, 5.41) is 7.09. The molecule has 10 heteroatoms. The zero-order chi connectivity index (χ0) is 26.0. The first-order valence-electron chi connectivity index (χ1n) is 12.8. The molecular formula is C27H33N5O4S. The van der Waals surface area contributed by atoms with Gasteiger partial charge in [0.2, 0.25) is 27.6 Å². The molecule has 0 atom stereocenters. The largest absolute Gasteiger partial charge is 0.338 e. The summed E-state index contributed by atoms with van der Waals surface area (Å²) < 4.78 is 33.2. The molecule has 0 spiro atoms. The predicted molar refractivity (Wildman–Crippen MR) is 140 cm³/mol. The Balaban J connectivity index is 1.17. The molecule has 9 nitrogen and oxygen atoms in total. The van der Waals surface area contributed by atoms with Crippen LogP contribution < -0.4 is 5.32 Å². The van der Waals surface area contributed by atoms with Gasteiger partial charge in [-0.1, -0.05) is 35.5 Å². The van der Waals surface area contributed by atoms with Crippen LogP contribution in [0.3, 0.4) is 0 Å². The van der Waals surface area contributed by atoms with Crippen LogP contribution in [0.5, 0.6) is 0 Å². The maximum absolute atomic E-state index is 13.1. The number of nitrogens with one attached hydrogen (secondary N) is 1. The highest BCUT2D eigenvalue weighted by Crippen LogP contribution is 2.28. The highest BCUT2D eigenvalue weighted by Gasteiger charge is 2.30. The molecule has 0 radical (unpaired) electrons. The zero-order valence-electron chi connectivity index (χ0n) is 21.3. The van der Waals surface area contributed by atoms with Crippen molar-refractivity contribution in [2.24, 2.45) is 5.92 Å². The summed E-state index contributed by atoms with van der Waals surface area (Å²) in [4.78, 5) is 20.0. The number of hydrogen-bond acceptors (Lipinski definition) is 7. The summed E-state index contributed by atoms with van der Waals surface area (Å²) in [5.41, 5.74) is 3.26. The number of anilines is 1. The lowest BCUT2D eigenvalue weighted by Crippen LogP contribution is -2.37. The van der Waals surface area contributed by atoms with E-state index in [-0.39, 0.29) is 16.7 Å². The zero-order valence-corrected chi connectivity index (χ0v) is 22.1.